The lowest BCUT2D eigenvalue weighted by atomic mass is 9.79. The topological polar surface area (TPSA) is 0 Å². The molecule has 22 heavy (non-hydrogen) atoms. The van der Waals surface area contributed by atoms with Crippen molar-refractivity contribution in [2.24, 2.45) is 0 Å². The van der Waals surface area contributed by atoms with Gasteiger partial charge >= 0.3 is 0 Å². The second-order valence-electron chi connectivity index (χ2n) is 6.43. The molecule has 0 bridgehead atoms. The normalized spacial score (nSPS) is 18.8. The summed E-state index contributed by atoms with van der Waals surface area (Å²) in [5.41, 5.74) is 10.2. The zero-order chi connectivity index (χ0) is 15.7. The van der Waals surface area contributed by atoms with Gasteiger partial charge in [-0.15, -0.1) is 0 Å². The highest BCUT2D eigenvalue weighted by Gasteiger charge is 2.21. The van der Waals surface area contributed by atoms with E-state index in [1.165, 1.54) is 56.3 Å². The Hall–Kier alpha value is -1.34. The molecule has 0 amide bonds. The van der Waals surface area contributed by atoms with Crippen LogP contribution in [0.2, 0.25) is 0 Å². The largest absolute Gasteiger partial charge is 0.0760 e. The lowest BCUT2D eigenvalue weighted by Gasteiger charge is -2.25. The summed E-state index contributed by atoms with van der Waals surface area (Å²) >= 11 is 3.69. The van der Waals surface area contributed by atoms with Crippen LogP contribution in [0.15, 0.2) is 63.2 Å². The summed E-state index contributed by atoms with van der Waals surface area (Å²) in [7, 11) is 0. The van der Waals surface area contributed by atoms with E-state index in [-0.39, 0.29) is 0 Å². The molecular weight excluding hydrogens is 332 g/mol. The molecule has 2 aliphatic rings. The van der Waals surface area contributed by atoms with E-state index in [0.717, 1.165) is 12.8 Å². The van der Waals surface area contributed by atoms with E-state index in [1.807, 2.05) is 0 Å². The summed E-state index contributed by atoms with van der Waals surface area (Å²) < 4.78 is 1.20. The number of benzene rings is 1. The average molecular weight is 355 g/mol. The number of hydrogen-bond acceptors (Lipinski definition) is 0. The molecule has 0 spiro atoms. The molecule has 0 fully saturated rings. The van der Waals surface area contributed by atoms with Gasteiger partial charge in [0.1, 0.15) is 0 Å². The van der Waals surface area contributed by atoms with Gasteiger partial charge in [-0.1, -0.05) is 57.4 Å². The molecule has 0 saturated heterocycles. The minimum Gasteiger partial charge on any atom is -0.0760 e. The van der Waals surface area contributed by atoms with Crippen molar-refractivity contribution in [3.05, 3.63) is 74.3 Å². The highest BCUT2D eigenvalue weighted by atomic mass is 79.9. The molecule has 3 rings (SSSR count). The second-order valence-corrected chi connectivity index (χ2v) is 7.28. The van der Waals surface area contributed by atoms with Crippen molar-refractivity contribution in [2.45, 2.75) is 46.5 Å². The Labute approximate surface area is 142 Å². The minimum absolute atomic E-state index is 1.16. The van der Waals surface area contributed by atoms with Gasteiger partial charge in [0.2, 0.25) is 0 Å². The molecule has 0 N–H and O–H groups in total. The lowest BCUT2D eigenvalue weighted by molar-refractivity contribution is 0.898. The highest BCUT2D eigenvalue weighted by Crippen LogP contribution is 2.41. The van der Waals surface area contributed by atoms with Crippen molar-refractivity contribution < 1.29 is 0 Å². The van der Waals surface area contributed by atoms with Crippen LogP contribution in [0.25, 0.3) is 5.57 Å². The van der Waals surface area contributed by atoms with Crippen LogP contribution in [0.4, 0.5) is 0 Å². The minimum atomic E-state index is 1.16. The molecule has 0 heterocycles. The molecule has 1 heteroatoms. The fourth-order valence-electron chi connectivity index (χ4n) is 3.40. The zero-order valence-corrected chi connectivity index (χ0v) is 15.3. The Morgan fingerprint density at radius 1 is 0.955 bits per heavy atom. The van der Waals surface area contributed by atoms with Crippen molar-refractivity contribution >= 4 is 21.5 Å². The van der Waals surface area contributed by atoms with Crippen LogP contribution in [0, 0.1) is 6.92 Å². The predicted molar refractivity (Wildman–Crippen MR) is 99.9 cm³/mol. The number of halogens is 1. The summed E-state index contributed by atoms with van der Waals surface area (Å²) in [5, 5.41) is 0. The van der Waals surface area contributed by atoms with Gasteiger partial charge in [0.15, 0.2) is 0 Å². The molecule has 0 aliphatic heterocycles. The monoisotopic (exact) mass is 354 g/mol. The summed E-state index contributed by atoms with van der Waals surface area (Å²) in [6.45, 7) is 6.74. The third-order valence-corrected chi connectivity index (χ3v) is 5.66. The Kier molecular flexibility index (Phi) is 4.54. The first kappa shape index (κ1) is 15.6. The van der Waals surface area contributed by atoms with Gasteiger partial charge < -0.3 is 0 Å². The van der Waals surface area contributed by atoms with Crippen molar-refractivity contribution in [3.63, 3.8) is 0 Å². The quantitative estimate of drug-likeness (QED) is 0.540. The molecule has 1 aromatic rings. The van der Waals surface area contributed by atoms with Crippen LogP contribution in [-0.2, 0) is 0 Å². The molecule has 0 radical (unpaired) electrons. The van der Waals surface area contributed by atoms with Crippen LogP contribution in [0.5, 0.6) is 0 Å². The Morgan fingerprint density at radius 3 is 2.50 bits per heavy atom. The van der Waals surface area contributed by atoms with E-state index in [1.54, 1.807) is 0 Å². The van der Waals surface area contributed by atoms with Gasteiger partial charge in [0.05, 0.1) is 0 Å². The maximum absolute atomic E-state index is 3.69. The van der Waals surface area contributed by atoms with Gasteiger partial charge in [0.25, 0.3) is 0 Å². The van der Waals surface area contributed by atoms with Gasteiger partial charge in [-0.05, 0) is 80.4 Å². The van der Waals surface area contributed by atoms with E-state index in [4.69, 9.17) is 0 Å². The van der Waals surface area contributed by atoms with E-state index in [2.05, 4.69) is 73.1 Å². The third-order valence-electron chi connectivity index (χ3n) is 4.80. The van der Waals surface area contributed by atoms with Crippen LogP contribution in [0.1, 0.15) is 50.7 Å². The summed E-state index contributed by atoms with van der Waals surface area (Å²) in [6, 6.07) is 6.55. The first-order chi connectivity index (χ1) is 10.6. The molecule has 0 unspecified atom stereocenters. The predicted octanol–water partition coefficient (Wildman–Crippen LogP) is 6.92. The molecule has 114 valence electrons. The second kappa shape index (κ2) is 6.42. The summed E-state index contributed by atoms with van der Waals surface area (Å²) in [6.07, 6.45) is 11.8. The van der Waals surface area contributed by atoms with Gasteiger partial charge in [0, 0.05) is 4.47 Å². The van der Waals surface area contributed by atoms with Crippen molar-refractivity contribution in [2.75, 3.05) is 0 Å². The molecule has 0 aromatic heterocycles. The van der Waals surface area contributed by atoms with E-state index >= 15 is 0 Å². The maximum atomic E-state index is 3.69. The molecule has 0 atom stereocenters. The molecule has 1 aromatic carbocycles. The molecule has 0 nitrogen and oxygen atoms in total. The lowest BCUT2D eigenvalue weighted by Crippen LogP contribution is -2.05. The first-order valence-corrected chi connectivity index (χ1v) is 8.89. The Bertz CT molecular complexity index is 726. The van der Waals surface area contributed by atoms with Crippen LogP contribution < -0.4 is 0 Å². The van der Waals surface area contributed by atoms with Gasteiger partial charge in [-0.25, -0.2) is 0 Å². The average Bonchev–Trinajstić information content (AvgIpc) is 2.51. The van der Waals surface area contributed by atoms with E-state index < -0.39 is 0 Å². The van der Waals surface area contributed by atoms with Crippen molar-refractivity contribution in [1.29, 1.82) is 0 Å². The van der Waals surface area contributed by atoms with Gasteiger partial charge in [-0.2, -0.15) is 0 Å². The number of hydrogen-bond donors (Lipinski definition) is 0. The highest BCUT2D eigenvalue weighted by molar-refractivity contribution is 9.10. The fraction of sp³-hybridized carbons (Fsp3) is 0.333. The molecular formula is C21H23Br. The van der Waals surface area contributed by atoms with Gasteiger partial charge in [-0.3, -0.25) is 0 Å². The Morgan fingerprint density at radius 2 is 1.77 bits per heavy atom. The van der Waals surface area contributed by atoms with E-state index in [9.17, 15) is 0 Å². The third kappa shape index (κ3) is 2.92. The Balaban J connectivity index is 2.11. The van der Waals surface area contributed by atoms with Crippen molar-refractivity contribution in [1.82, 2.24) is 0 Å². The smallest absolute Gasteiger partial charge is 0.0210 e. The number of rotatable bonds is 2. The fourth-order valence-corrected chi connectivity index (χ4v) is 3.77. The molecule has 0 saturated carbocycles. The zero-order valence-electron chi connectivity index (χ0n) is 13.7. The first-order valence-electron chi connectivity index (χ1n) is 8.10. The maximum Gasteiger partial charge on any atom is 0.0210 e. The van der Waals surface area contributed by atoms with Crippen LogP contribution in [-0.4, -0.2) is 0 Å². The summed E-state index contributed by atoms with van der Waals surface area (Å²) in [4.78, 5) is 0. The van der Waals surface area contributed by atoms with Crippen LogP contribution >= 0.6 is 15.9 Å². The van der Waals surface area contributed by atoms with E-state index in [0.29, 0.717) is 0 Å². The SMILES string of the molecule is CC1=CC=C(C2=CCCC(C)=C2c2cccc(Br)c2C)CC1. The standard InChI is InChI=1S/C21H23Br/c1-14-10-12-17(13-11-14)19-8-4-6-15(2)21(19)18-7-5-9-20(22)16(18)3/h5,7-10,12H,4,6,11,13H2,1-3H3. The molecule has 2 aliphatic carbocycles. The van der Waals surface area contributed by atoms with Crippen molar-refractivity contribution in [3.8, 4) is 0 Å². The summed E-state index contributed by atoms with van der Waals surface area (Å²) in [5.74, 6) is 0. The van der Waals surface area contributed by atoms with Crippen LogP contribution in [0.3, 0.4) is 0 Å². The number of allylic oxidation sites excluding steroid dienone is 8.